The predicted molar refractivity (Wildman–Crippen MR) is 107 cm³/mol. The van der Waals surface area contributed by atoms with E-state index in [1.165, 1.54) is 0 Å². The van der Waals surface area contributed by atoms with Crippen LogP contribution in [0.25, 0.3) is 10.9 Å². The third kappa shape index (κ3) is 3.42. The van der Waals surface area contributed by atoms with E-state index in [0.29, 0.717) is 17.2 Å². The van der Waals surface area contributed by atoms with E-state index in [4.69, 9.17) is 16.3 Å². The van der Waals surface area contributed by atoms with Crippen LogP contribution >= 0.6 is 11.6 Å². The summed E-state index contributed by atoms with van der Waals surface area (Å²) in [6, 6.07) is 15.5. The van der Waals surface area contributed by atoms with Gasteiger partial charge in [-0.2, -0.15) is 0 Å². The Balaban J connectivity index is 2.21. The van der Waals surface area contributed by atoms with Gasteiger partial charge in [-0.25, -0.2) is 0 Å². The van der Waals surface area contributed by atoms with E-state index in [1.807, 2.05) is 55.5 Å². The average Bonchev–Trinajstić information content (AvgIpc) is 2.94. The molecule has 1 aromatic heterocycles. The van der Waals surface area contributed by atoms with Gasteiger partial charge < -0.3 is 9.30 Å². The van der Waals surface area contributed by atoms with Crippen molar-refractivity contribution in [2.75, 3.05) is 13.7 Å². The van der Waals surface area contributed by atoms with Gasteiger partial charge in [-0.15, -0.1) is 0 Å². The Bertz CT molecular complexity index is 915. The zero-order chi connectivity index (χ0) is 18.7. The Kier molecular flexibility index (Phi) is 5.80. The van der Waals surface area contributed by atoms with Crippen LogP contribution in [0.3, 0.4) is 0 Å². The maximum atomic E-state index is 13.2. The van der Waals surface area contributed by atoms with Crippen LogP contribution in [0, 0.1) is 6.92 Å². The molecule has 0 radical (unpaired) electrons. The molecule has 1 unspecified atom stereocenters. The van der Waals surface area contributed by atoms with Crippen LogP contribution in [0.1, 0.15) is 47.4 Å². The van der Waals surface area contributed by atoms with Crippen LogP contribution in [0.2, 0.25) is 5.02 Å². The van der Waals surface area contributed by atoms with Gasteiger partial charge in [-0.05, 0) is 38.0 Å². The molecule has 0 bridgehead atoms. The zero-order valence-electron chi connectivity index (χ0n) is 15.5. The highest BCUT2D eigenvalue weighted by Crippen LogP contribution is 2.34. The number of ether oxygens (including phenoxy) is 1. The zero-order valence-corrected chi connectivity index (χ0v) is 16.2. The van der Waals surface area contributed by atoms with Crippen molar-refractivity contribution in [3.05, 3.63) is 70.4 Å². The SMILES string of the molecule is CCC(CCOC)n1c(C)c(C(=O)c2ccccc2)c2cc(Cl)ccc21. The number of rotatable bonds is 7. The van der Waals surface area contributed by atoms with E-state index in [9.17, 15) is 4.79 Å². The second kappa shape index (κ2) is 8.07. The van der Waals surface area contributed by atoms with Crippen LogP contribution < -0.4 is 0 Å². The molecule has 3 nitrogen and oxygen atoms in total. The lowest BCUT2D eigenvalue weighted by Crippen LogP contribution is -2.13. The predicted octanol–water partition coefficient (Wildman–Crippen LogP) is 5.82. The number of hydrogen-bond acceptors (Lipinski definition) is 2. The number of carbonyl (C=O) groups is 1. The molecule has 0 aliphatic rings. The van der Waals surface area contributed by atoms with Crippen molar-refractivity contribution < 1.29 is 9.53 Å². The molecule has 0 aliphatic heterocycles. The normalized spacial score (nSPS) is 12.5. The summed E-state index contributed by atoms with van der Waals surface area (Å²) in [4.78, 5) is 13.2. The monoisotopic (exact) mass is 369 g/mol. The average molecular weight is 370 g/mol. The molecule has 3 aromatic rings. The molecule has 0 spiro atoms. The van der Waals surface area contributed by atoms with E-state index in [1.54, 1.807) is 7.11 Å². The van der Waals surface area contributed by atoms with Crippen molar-refractivity contribution in [3.63, 3.8) is 0 Å². The number of fused-ring (bicyclic) bond motifs is 1. The van der Waals surface area contributed by atoms with Crippen molar-refractivity contribution in [1.82, 2.24) is 4.57 Å². The number of carbonyl (C=O) groups excluding carboxylic acids is 1. The smallest absolute Gasteiger partial charge is 0.195 e. The molecule has 1 heterocycles. The summed E-state index contributed by atoms with van der Waals surface area (Å²) in [7, 11) is 1.72. The minimum Gasteiger partial charge on any atom is -0.385 e. The molecule has 0 aliphatic carbocycles. The van der Waals surface area contributed by atoms with Gasteiger partial charge in [-0.1, -0.05) is 48.9 Å². The number of benzene rings is 2. The van der Waals surface area contributed by atoms with E-state index < -0.39 is 0 Å². The summed E-state index contributed by atoms with van der Waals surface area (Å²) in [5.41, 5.74) is 3.47. The summed E-state index contributed by atoms with van der Waals surface area (Å²) in [5, 5.41) is 1.56. The van der Waals surface area contributed by atoms with E-state index in [0.717, 1.165) is 35.0 Å². The van der Waals surface area contributed by atoms with E-state index in [-0.39, 0.29) is 11.8 Å². The summed E-state index contributed by atoms with van der Waals surface area (Å²) in [6.07, 6.45) is 1.87. The maximum Gasteiger partial charge on any atom is 0.195 e. The number of hydrogen-bond donors (Lipinski definition) is 0. The highest BCUT2D eigenvalue weighted by atomic mass is 35.5. The van der Waals surface area contributed by atoms with Gasteiger partial charge >= 0.3 is 0 Å². The fourth-order valence-electron chi connectivity index (χ4n) is 3.68. The Morgan fingerprint density at radius 3 is 2.58 bits per heavy atom. The first-order valence-corrected chi connectivity index (χ1v) is 9.35. The molecule has 4 heteroatoms. The molecule has 0 saturated carbocycles. The molecule has 0 saturated heterocycles. The van der Waals surface area contributed by atoms with Gasteiger partial charge in [-0.3, -0.25) is 4.79 Å². The quantitative estimate of drug-likeness (QED) is 0.491. The molecule has 136 valence electrons. The maximum absolute atomic E-state index is 13.2. The summed E-state index contributed by atoms with van der Waals surface area (Å²) in [6.45, 7) is 4.88. The van der Waals surface area contributed by atoms with Gasteiger partial charge in [0.15, 0.2) is 5.78 Å². The molecule has 2 aromatic carbocycles. The first kappa shape index (κ1) is 18.7. The van der Waals surface area contributed by atoms with Crippen LogP contribution in [0.4, 0.5) is 0 Å². The lowest BCUT2D eigenvalue weighted by molar-refractivity contribution is 0.103. The van der Waals surface area contributed by atoms with Gasteiger partial charge in [0.1, 0.15) is 0 Å². The Morgan fingerprint density at radius 1 is 1.19 bits per heavy atom. The van der Waals surface area contributed by atoms with Crippen LogP contribution in [0.5, 0.6) is 0 Å². The number of ketones is 1. The van der Waals surface area contributed by atoms with Crippen LogP contribution in [-0.4, -0.2) is 24.1 Å². The van der Waals surface area contributed by atoms with Crippen molar-refractivity contribution in [2.24, 2.45) is 0 Å². The van der Waals surface area contributed by atoms with Crippen molar-refractivity contribution in [2.45, 2.75) is 32.7 Å². The number of methoxy groups -OCH3 is 1. The van der Waals surface area contributed by atoms with E-state index in [2.05, 4.69) is 11.5 Å². The largest absolute Gasteiger partial charge is 0.385 e. The fourth-order valence-corrected chi connectivity index (χ4v) is 3.85. The lowest BCUT2D eigenvalue weighted by atomic mass is 10.0. The second-order valence-corrected chi connectivity index (χ2v) is 6.97. The molecule has 1 atom stereocenters. The third-order valence-electron chi connectivity index (χ3n) is 4.97. The molecule has 0 N–H and O–H groups in total. The number of halogens is 1. The molecular weight excluding hydrogens is 346 g/mol. The topological polar surface area (TPSA) is 31.2 Å². The summed E-state index contributed by atoms with van der Waals surface area (Å²) in [5.74, 6) is 0.0377. The van der Waals surface area contributed by atoms with Crippen molar-refractivity contribution in [3.8, 4) is 0 Å². The van der Waals surface area contributed by atoms with E-state index >= 15 is 0 Å². The first-order valence-electron chi connectivity index (χ1n) is 8.97. The lowest BCUT2D eigenvalue weighted by Gasteiger charge is -2.20. The van der Waals surface area contributed by atoms with Crippen LogP contribution in [0.15, 0.2) is 48.5 Å². The minimum atomic E-state index is 0.0377. The van der Waals surface area contributed by atoms with Crippen molar-refractivity contribution >= 4 is 28.3 Å². The van der Waals surface area contributed by atoms with Gasteiger partial charge in [0.2, 0.25) is 0 Å². The number of aromatic nitrogens is 1. The minimum absolute atomic E-state index is 0.0377. The summed E-state index contributed by atoms with van der Waals surface area (Å²) < 4.78 is 7.57. The molecule has 26 heavy (non-hydrogen) atoms. The highest BCUT2D eigenvalue weighted by molar-refractivity contribution is 6.31. The van der Waals surface area contributed by atoms with Gasteiger partial charge in [0, 0.05) is 46.9 Å². The first-order chi connectivity index (χ1) is 12.6. The van der Waals surface area contributed by atoms with Gasteiger partial charge in [0.25, 0.3) is 0 Å². The Labute approximate surface area is 159 Å². The van der Waals surface area contributed by atoms with Crippen LogP contribution in [-0.2, 0) is 4.74 Å². The summed E-state index contributed by atoms with van der Waals surface area (Å²) >= 11 is 6.26. The second-order valence-electron chi connectivity index (χ2n) is 6.53. The van der Waals surface area contributed by atoms with Gasteiger partial charge in [0.05, 0.1) is 5.56 Å². The highest BCUT2D eigenvalue weighted by Gasteiger charge is 2.24. The molecule has 3 rings (SSSR count). The standard InChI is InChI=1S/C22H24ClNO2/c1-4-18(12-13-26-3)24-15(2)21(19-14-17(23)10-11-20(19)24)22(25)16-8-6-5-7-9-16/h5-11,14,18H,4,12-13H2,1-3H3. The third-order valence-corrected chi connectivity index (χ3v) is 5.20. The Morgan fingerprint density at radius 2 is 1.92 bits per heavy atom. The molecular formula is C22H24ClNO2. The Hall–Kier alpha value is -2.10. The fraction of sp³-hybridized carbons (Fsp3) is 0.318. The molecule has 0 fully saturated rings. The molecule has 0 amide bonds. The number of nitrogens with zero attached hydrogens (tertiary/aromatic N) is 1. The van der Waals surface area contributed by atoms with Crippen molar-refractivity contribution in [1.29, 1.82) is 0 Å².